The number of hydrogen-bond donors (Lipinski definition) is 2. The number of alkyl halides is 3. The van der Waals surface area contributed by atoms with E-state index in [1.165, 1.54) is 6.07 Å². The van der Waals surface area contributed by atoms with Gasteiger partial charge in [0.15, 0.2) is 17.1 Å². The summed E-state index contributed by atoms with van der Waals surface area (Å²) >= 11 is 0. The van der Waals surface area contributed by atoms with E-state index in [1.54, 1.807) is 30.0 Å². The maximum Gasteiger partial charge on any atom is 0.390 e. The Hall–Kier alpha value is -4.28. The van der Waals surface area contributed by atoms with Crippen molar-refractivity contribution in [1.29, 1.82) is 0 Å². The Morgan fingerprint density at radius 2 is 1.98 bits per heavy atom. The zero-order chi connectivity index (χ0) is 29.5. The Morgan fingerprint density at radius 1 is 1.22 bits per heavy atom. The molecule has 4 aromatic rings. The highest BCUT2D eigenvalue weighted by Crippen LogP contribution is 2.47. The van der Waals surface area contributed by atoms with Gasteiger partial charge in [-0.3, -0.25) is 4.79 Å². The van der Waals surface area contributed by atoms with Crippen molar-refractivity contribution < 1.29 is 27.4 Å². The lowest BCUT2D eigenvalue weighted by molar-refractivity contribution is -0.131. The fraction of sp³-hybridized carbons (Fsp3) is 0.367. The van der Waals surface area contributed by atoms with Gasteiger partial charge < -0.3 is 20.5 Å². The number of methoxy groups -OCH3 is 1. The van der Waals surface area contributed by atoms with Gasteiger partial charge >= 0.3 is 6.18 Å². The molecule has 1 fully saturated rings. The molecule has 0 atom stereocenters. The van der Waals surface area contributed by atoms with Crippen LogP contribution >= 0.6 is 0 Å². The minimum atomic E-state index is -4.32. The molecular formula is C30H32F3N5O3. The maximum absolute atomic E-state index is 13.0. The monoisotopic (exact) mass is 567 g/mol. The molecule has 0 saturated heterocycles. The fourth-order valence-corrected chi connectivity index (χ4v) is 5.16. The standard InChI is InChI=1S/C30H32F3N5O3/c1-16(2)19-6-5-7-24(27(19)40-4)41-25-14-22(35-13-12-30(31,32)33)29-36-15-23(38(29)37-25)21-11-10-20(28(34)39)17(3)26(21)18-8-9-18/h5-7,10-11,14-16,18,35H,8-9,12-13H2,1-4H3,(H2,34,39). The second-order valence-electron chi connectivity index (χ2n) is 10.5. The second kappa shape index (κ2) is 10.9. The summed E-state index contributed by atoms with van der Waals surface area (Å²) in [5, 5.41) is 7.57. The van der Waals surface area contributed by atoms with E-state index < -0.39 is 18.5 Å². The number of fused-ring (bicyclic) bond motifs is 1. The van der Waals surface area contributed by atoms with E-state index in [0.29, 0.717) is 34.1 Å². The van der Waals surface area contributed by atoms with Crippen LogP contribution in [0.2, 0.25) is 0 Å². The molecule has 41 heavy (non-hydrogen) atoms. The Bertz CT molecular complexity index is 1610. The van der Waals surface area contributed by atoms with Crippen molar-refractivity contribution in [3.63, 3.8) is 0 Å². The van der Waals surface area contributed by atoms with Gasteiger partial charge in [0.05, 0.1) is 31.1 Å². The van der Waals surface area contributed by atoms with Crippen LogP contribution in [-0.4, -0.2) is 40.3 Å². The van der Waals surface area contributed by atoms with E-state index in [2.05, 4.69) is 10.3 Å². The topological polar surface area (TPSA) is 104 Å². The average Bonchev–Trinajstić information content (AvgIpc) is 3.65. The summed E-state index contributed by atoms with van der Waals surface area (Å²) in [6, 6.07) is 10.6. The number of hydrogen-bond acceptors (Lipinski definition) is 6. The third-order valence-electron chi connectivity index (χ3n) is 7.26. The summed E-state index contributed by atoms with van der Waals surface area (Å²) in [7, 11) is 1.56. The Labute approximate surface area is 235 Å². The first kappa shape index (κ1) is 28.3. The lowest BCUT2D eigenvalue weighted by Crippen LogP contribution is -2.15. The highest BCUT2D eigenvalue weighted by Gasteiger charge is 2.31. The minimum absolute atomic E-state index is 0.143. The normalized spacial score (nSPS) is 13.6. The number of nitrogens with one attached hydrogen (secondary N) is 1. The van der Waals surface area contributed by atoms with Gasteiger partial charge in [-0.15, -0.1) is 5.10 Å². The number of nitrogens with zero attached hydrogens (tertiary/aromatic N) is 3. The molecule has 1 saturated carbocycles. The van der Waals surface area contributed by atoms with Gasteiger partial charge in [0, 0.05) is 29.3 Å². The van der Waals surface area contributed by atoms with Gasteiger partial charge in [-0.25, -0.2) is 9.50 Å². The number of ether oxygens (including phenoxy) is 2. The summed E-state index contributed by atoms with van der Waals surface area (Å²) in [6.45, 7) is 5.60. The number of nitrogens with two attached hydrogens (primary N) is 1. The van der Waals surface area contributed by atoms with E-state index in [9.17, 15) is 18.0 Å². The average molecular weight is 568 g/mol. The van der Waals surface area contributed by atoms with Crippen molar-refractivity contribution in [1.82, 2.24) is 14.6 Å². The molecule has 11 heteroatoms. The zero-order valence-electron chi connectivity index (χ0n) is 23.3. The molecule has 0 aliphatic heterocycles. The van der Waals surface area contributed by atoms with Gasteiger partial charge in [0.25, 0.3) is 0 Å². The summed E-state index contributed by atoms with van der Waals surface area (Å²) in [4.78, 5) is 16.6. The second-order valence-corrected chi connectivity index (χ2v) is 10.5. The number of anilines is 1. The molecule has 2 aromatic heterocycles. The Balaban J connectivity index is 1.65. The first-order valence-electron chi connectivity index (χ1n) is 13.5. The highest BCUT2D eigenvalue weighted by atomic mass is 19.4. The fourth-order valence-electron chi connectivity index (χ4n) is 5.16. The number of carbonyl (C=O) groups is 1. The molecule has 0 spiro atoms. The van der Waals surface area contributed by atoms with Crippen molar-refractivity contribution in [3.8, 4) is 28.6 Å². The van der Waals surface area contributed by atoms with Crippen LogP contribution in [0.3, 0.4) is 0 Å². The molecule has 1 aliphatic carbocycles. The number of imidazole rings is 1. The molecule has 1 amide bonds. The molecule has 2 heterocycles. The predicted molar refractivity (Wildman–Crippen MR) is 150 cm³/mol. The number of benzene rings is 2. The van der Waals surface area contributed by atoms with Gasteiger partial charge in [-0.1, -0.05) is 32.0 Å². The lowest BCUT2D eigenvalue weighted by atomic mass is 9.92. The number of carbonyl (C=O) groups excluding carboxylic acids is 1. The number of primary amides is 1. The number of halogens is 3. The molecule has 216 valence electrons. The molecule has 0 bridgehead atoms. The molecule has 8 nitrogen and oxygen atoms in total. The maximum atomic E-state index is 13.0. The lowest BCUT2D eigenvalue weighted by Gasteiger charge is -2.17. The van der Waals surface area contributed by atoms with Crippen molar-refractivity contribution in [2.45, 2.75) is 58.0 Å². The van der Waals surface area contributed by atoms with E-state index in [4.69, 9.17) is 20.3 Å². The van der Waals surface area contributed by atoms with Crippen molar-refractivity contribution >= 4 is 17.2 Å². The first-order valence-corrected chi connectivity index (χ1v) is 13.5. The predicted octanol–water partition coefficient (Wildman–Crippen LogP) is 6.97. The summed E-state index contributed by atoms with van der Waals surface area (Å²) in [6.07, 6.45) is -1.75. The van der Waals surface area contributed by atoms with Crippen molar-refractivity contribution in [2.24, 2.45) is 5.73 Å². The molecule has 3 N–H and O–H groups in total. The minimum Gasteiger partial charge on any atom is -0.493 e. The third-order valence-corrected chi connectivity index (χ3v) is 7.26. The van der Waals surface area contributed by atoms with Crippen molar-refractivity contribution in [3.05, 3.63) is 64.8 Å². The van der Waals surface area contributed by atoms with Crippen LogP contribution in [0, 0.1) is 6.92 Å². The molecule has 1 aliphatic rings. The van der Waals surface area contributed by atoms with Crippen LogP contribution in [-0.2, 0) is 0 Å². The van der Waals surface area contributed by atoms with Crippen LogP contribution < -0.4 is 20.5 Å². The molecule has 0 unspecified atom stereocenters. The van der Waals surface area contributed by atoms with Crippen LogP contribution in [0.25, 0.3) is 16.9 Å². The Morgan fingerprint density at radius 3 is 2.61 bits per heavy atom. The summed E-state index contributed by atoms with van der Waals surface area (Å²) < 4.78 is 52.3. The van der Waals surface area contributed by atoms with Crippen LogP contribution in [0.15, 0.2) is 42.6 Å². The Kier molecular flexibility index (Phi) is 7.54. The van der Waals surface area contributed by atoms with Gasteiger partial charge in [-0.2, -0.15) is 13.2 Å². The first-order chi connectivity index (χ1) is 19.5. The highest BCUT2D eigenvalue weighted by molar-refractivity contribution is 5.95. The van der Waals surface area contributed by atoms with Crippen LogP contribution in [0.1, 0.15) is 72.0 Å². The van der Waals surface area contributed by atoms with E-state index in [0.717, 1.165) is 35.1 Å². The van der Waals surface area contributed by atoms with Gasteiger partial charge in [0.2, 0.25) is 11.8 Å². The SMILES string of the molecule is COc1c(Oc2cc(NCCC(F)(F)F)c3ncc(-c4ccc(C(N)=O)c(C)c4C4CC4)n3n2)cccc1C(C)C. The number of rotatable bonds is 10. The number of amides is 1. The van der Waals surface area contributed by atoms with Crippen LogP contribution in [0.4, 0.5) is 18.9 Å². The van der Waals surface area contributed by atoms with E-state index in [-0.39, 0.29) is 24.3 Å². The molecule has 5 rings (SSSR count). The largest absolute Gasteiger partial charge is 0.493 e. The van der Waals surface area contributed by atoms with Crippen LogP contribution in [0.5, 0.6) is 17.4 Å². The number of aromatic nitrogens is 3. The summed E-state index contributed by atoms with van der Waals surface area (Å²) in [5.41, 5.74) is 10.9. The summed E-state index contributed by atoms with van der Waals surface area (Å²) in [5.74, 6) is 1.04. The van der Waals surface area contributed by atoms with Gasteiger partial charge in [-0.05, 0) is 54.9 Å². The molecule has 0 radical (unpaired) electrons. The third kappa shape index (κ3) is 5.79. The number of para-hydroxylation sites is 1. The quantitative estimate of drug-likeness (QED) is 0.215. The van der Waals surface area contributed by atoms with Crippen molar-refractivity contribution in [2.75, 3.05) is 19.0 Å². The molecular weight excluding hydrogens is 535 g/mol. The van der Waals surface area contributed by atoms with Gasteiger partial charge in [0.1, 0.15) is 0 Å². The molecule has 2 aromatic carbocycles. The van der Waals surface area contributed by atoms with E-state index in [1.807, 2.05) is 39.0 Å². The smallest absolute Gasteiger partial charge is 0.390 e. The van der Waals surface area contributed by atoms with E-state index >= 15 is 0 Å². The zero-order valence-corrected chi connectivity index (χ0v) is 23.3.